The van der Waals surface area contributed by atoms with Gasteiger partial charge in [0.25, 0.3) is 0 Å². The molecular formula is C9H11BO2. The molecule has 0 unspecified atom stereocenters. The van der Waals surface area contributed by atoms with Crippen LogP contribution >= 0.6 is 0 Å². The summed E-state index contributed by atoms with van der Waals surface area (Å²) in [6.07, 6.45) is 1.67. The summed E-state index contributed by atoms with van der Waals surface area (Å²) in [5.74, 6) is 0.0399. The lowest BCUT2D eigenvalue weighted by molar-refractivity contribution is 0.425. The van der Waals surface area contributed by atoms with Crippen LogP contribution in [-0.2, 0) is 0 Å². The molecule has 0 atom stereocenters. The summed E-state index contributed by atoms with van der Waals surface area (Å²) in [6, 6.07) is -1.22. The van der Waals surface area contributed by atoms with Crippen molar-refractivity contribution >= 4 is 12.6 Å². The molecular weight excluding hydrogens is 151 g/mol. The minimum Gasteiger partial charge on any atom is -0.423 e. The Labute approximate surface area is 77.6 Å². The second-order valence-corrected chi connectivity index (χ2v) is 2.98. The lowest BCUT2D eigenvalue weighted by atomic mass is 9.76. The zero-order valence-electron chi connectivity index (χ0n) is 10.5. The van der Waals surface area contributed by atoms with Crippen molar-refractivity contribution in [3.8, 4) is 0 Å². The van der Waals surface area contributed by atoms with Crippen LogP contribution in [0.3, 0.4) is 0 Å². The van der Waals surface area contributed by atoms with Crippen LogP contribution in [0.5, 0.6) is 0 Å². The van der Waals surface area contributed by atoms with E-state index in [-0.39, 0.29) is 29.5 Å². The second kappa shape index (κ2) is 2.92. The van der Waals surface area contributed by atoms with Crippen molar-refractivity contribution < 1.29 is 15.5 Å². The van der Waals surface area contributed by atoms with Gasteiger partial charge in [-0.3, -0.25) is 0 Å². The highest BCUT2D eigenvalue weighted by molar-refractivity contribution is 6.59. The molecule has 2 N–H and O–H groups in total. The van der Waals surface area contributed by atoms with E-state index in [1.54, 1.807) is 0 Å². The minimum absolute atomic E-state index is 0.0399. The summed E-state index contributed by atoms with van der Waals surface area (Å²) in [4.78, 5) is 0. The van der Waals surface area contributed by atoms with Gasteiger partial charge < -0.3 is 10.0 Å². The van der Waals surface area contributed by atoms with Crippen molar-refractivity contribution in [3.05, 3.63) is 29.7 Å². The molecule has 0 saturated heterocycles. The Morgan fingerprint density at radius 1 is 1.33 bits per heavy atom. The molecule has 0 aromatic heterocycles. The molecule has 0 aliphatic heterocycles. The fourth-order valence-corrected chi connectivity index (χ4v) is 1.23. The highest BCUT2D eigenvalue weighted by Crippen LogP contribution is 2.38. The van der Waals surface area contributed by atoms with Crippen LogP contribution in [0.25, 0.3) is 0 Å². The third-order valence-electron chi connectivity index (χ3n) is 1.99. The van der Waals surface area contributed by atoms with E-state index in [1.807, 2.05) is 0 Å². The summed E-state index contributed by atoms with van der Waals surface area (Å²) in [7, 11) is -1.85. The highest BCUT2D eigenvalue weighted by Gasteiger charge is 2.28. The van der Waals surface area contributed by atoms with Crippen LogP contribution in [-0.4, -0.2) is 17.2 Å². The van der Waals surface area contributed by atoms with Gasteiger partial charge in [-0.2, -0.15) is 0 Å². The normalized spacial score (nSPS) is 20.8. The second-order valence-electron chi connectivity index (χ2n) is 2.98. The van der Waals surface area contributed by atoms with Crippen LogP contribution in [0.4, 0.5) is 0 Å². The van der Waals surface area contributed by atoms with Gasteiger partial charge in [0.05, 0.1) is 5.48 Å². The summed E-state index contributed by atoms with van der Waals surface area (Å²) in [5, 5.41) is 18.4. The van der Waals surface area contributed by atoms with E-state index in [4.69, 9.17) is 5.48 Å². The zero-order chi connectivity index (χ0) is 12.0. The summed E-state index contributed by atoms with van der Waals surface area (Å²) >= 11 is 0. The van der Waals surface area contributed by atoms with Crippen molar-refractivity contribution in [3.63, 3.8) is 0 Å². The van der Waals surface area contributed by atoms with Gasteiger partial charge in [0.2, 0.25) is 0 Å². The third kappa shape index (κ3) is 1.38. The molecule has 1 saturated carbocycles. The first-order valence-corrected chi connectivity index (χ1v) is 3.91. The average Bonchev–Trinajstić information content (AvgIpc) is 3.03. The van der Waals surface area contributed by atoms with Gasteiger partial charge in [0.1, 0.15) is 0 Å². The lowest BCUT2D eigenvalue weighted by Gasteiger charge is -2.05. The van der Waals surface area contributed by atoms with Gasteiger partial charge in [0, 0.05) is 0 Å². The van der Waals surface area contributed by atoms with Crippen molar-refractivity contribution in [2.75, 3.05) is 0 Å². The topological polar surface area (TPSA) is 40.5 Å². The summed E-state index contributed by atoms with van der Waals surface area (Å²) in [5.41, 5.74) is 0.287. The fraction of sp³-hybridized carbons (Fsp3) is 0.333. The smallest absolute Gasteiger partial charge is 0.423 e. The van der Waals surface area contributed by atoms with Gasteiger partial charge in [-0.1, -0.05) is 24.2 Å². The molecule has 2 rings (SSSR count). The van der Waals surface area contributed by atoms with E-state index in [9.17, 15) is 10.0 Å². The zero-order valence-corrected chi connectivity index (χ0v) is 6.46. The Balaban J connectivity index is 2.73. The molecule has 0 spiro atoms. The monoisotopic (exact) mass is 166 g/mol. The Morgan fingerprint density at radius 3 is 2.58 bits per heavy atom. The summed E-state index contributed by atoms with van der Waals surface area (Å²) in [6.45, 7) is 0. The molecule has 0 heterocycles. The molecule has 62 valence electrons. The standard InChI is InChI=1S/C9H11BO2/c11-10(12)9-4-2-1-3-8(9)7-5-6-7/h1-4,7,11-12H,5-6H2/i1D,2D,3D,4D. The molecule has 1 aliphatic rings. The van der Waals surface area contributed by atoms with Crippen molar-refractivity contribution in [1.29, 1.82) is 0 Å². The van der Waals surface area contributed by atoms with Crippen molar-refractivity contribution in [2.45, 2.75) is 18.8 Å². The van der Waals surface area contributed by atoms with E-state index in [2.05, 4.69) is 0 Å². The molecule has 1 fully saturated rings. The maximum Gasteiger partial charge on any atom is 0.488 e. The van der Waals surface area contributed by atoms with Gasteiger partial charge in [-0.05, 0) is 29.8 Å². The molecule has 0 radical (unpaired) electrons. The molecule has 0 bridgehead atoms. The Hall–Kier alpha value is -0.795. The van der Waals surface area contributed by atoms with Gasteiger partial charge in [-0.15, -0.1) is 0 Å². The Morgan fingerprint density at radius 2 is 2.00 bits per heavy atom. The lowest BCUT2D eigenvalue weighted by Crippen LogP contribution is -2.32. The van der Waals surface area contributed by atoms with E-state index in [0.717, 1.165) is 12.8 Å². The van der Waals surface area contributed by atoms with Gasteiger partial charge in [0.15, 0.2) is 0 Å². The first-order chi connectivity index (χ1) is 7.45. The number of hydrogen-bond donors (Lipinski definition) is 2. The van der Waals surface area contributed by atoms with Crippen LogP contribution in [0.2, 0.25) is 0 Å². The minimum atomic E-state index is -1.85. The van der Waals surface area contributed by atoms with E-state index in [1.165, 1.54) is 0 Å². The quantitative estimate of drug-likeness (QED) is 0.618. The molecule has 0 amide bonds. The molecule has 12 heavy (non-hydrogen) atoms. The first kappa shape index (κ1) is 4.44. The van der Waals surface area contributed by atoms with Crippen LogP contribution in [0.1, 0.15) is 29.8 Å². The van der Waals surface area contributed by atoms with Crippen LogP contribution in [0, 0.1) is 0 Å². The third-order valence-corrected chi connectivity index (χ3v) is 1.99. The molecule has 2 nitrogen and oxygen atoms in total. The average molecular weight is 166 g/mol. The number of hydrogen-bond acceptors (Lipinski definition) is 2. The first-order valence-electron chi connectivity index (χ1n) is 5.91. The van der Waals surface area contributed by atoms with E-state index in [0.29, 0.717) is 5.56 Å². The molecule has 3 heteroatoms. The van der Waals surface area contributed by atoms with Crippen LogP contribution < -0.4 is 5.46 Å². The van der Waals surface area contributed by atoms with E-state index >= 15 is 0 Å². The van der Waals surface area contributed by atoms with E-state index < -0.39 is 13.2 Å². The van der Waals surface area contributed by atoms with Crippen molar-refractivity contribution in [2.24, 2.45) is 0 Å². The summed E-state index contributed by atoms with van der Waals surface area (Å²) < 4.78 is 30.3. The molecule has 1 aliphatic carbocycles. The predicted molar refractivity (Wildman–Crippen MR) is 48.2 cm³/mol. The van der Waals surface area contributed by atoms with Gasteiger partial charge in [-0.25, -0.2) is 0 Å². The molecule has 1 aromatic rings. The Bertz CT molecular complexity index is 413. The number of rotatable bonds is 2. The molecule has 1 aromatic carbocycles. The SMILES string of the molecule is [2H]c1c([2H])c([2H])c(C2CC2)c(B(O)O)c1[2H]. The fourth-order valence-electron chi connectivity index (χ4n) is 1.23. The van der Waals surface area contributed by atoms with Crippen LogP contribution in [0.15, 0.2) is 24.2 Å². The largest absolute Gasteiger partial charge is 0.488 e. The maximum absolute atomic E-state index is 9.21. The predicted octanol–water partition coefficient (Wildman–Crippen LogP) is 0.244. The maximum atomic E-state index is 9.21. The van der Waals surface area contributed by atoms with Crippen molar-refractivity contribution in [1.82, 2.24) is 0 Å². The number of benzene rings is 1. The van der Waals surface area contributed by atoms with Gasteiger partial charge >= 0.3 is 7.12 Å². The Kier molecular flexibility index (Phi) is 1.08. The highest BCUT2D eigenvalue weighted by atomic mass is 16.4.